The van der Waals surface area contributed by atoms with Crippen molar-refractivity contribution in [2.24, 2.45) is 28.1 Å². The van der Waals surface area contributed by atoms with E-state index < -0.39 is 94.0 Å². The Morgan fingerprint density at radius 1 is 0.935 bits per heavy atom. The molecule has 6 aliphatic rings. The van der Waals surface area contributed by atoms with Gasteiger partial charge in [-0.05, 0) is 12.3 Å². The van der Waals surface area contributed by atoms with Gasteiger partial charge in [0.15, 0.2) is 17.8 Å². The normalized spacial score (nSPS) is 61.0. The number of hydrogen-bond acceptors (Lipinski definition) is 11. The van der Waals surface area contributed by atoms with Gasteiger partial charge in [-0.2, -0.15) is 0 Å². The molecule has 6 rings (SSSR count). The average molecular weight is 440 g/mol. The number of carbonyl (C=O) groups excluding carboxylic acids is 3. The first kappa shape index (κ1) is 19.9. The molecule has 0 amide bonds. The third-order valence-electron chi connectivity index (χ3n) is 8.95. The van der Waals surface area contributed by atoms with Gasteiger partial charge in [-0.15, -0.1) is 0 Å². The van der Waals surface area contributed by atoms with Crippen molar-refractivity contribution in [2.45, 2.75) is 75.7 Å². The lowest BCUT2D eigenvalue weighted by molar-refractivity contribution is -0.240. The minimum absolute atomic E-state index is 0.792. The van der Waals surface area contributed by atoms with Crippen LogP contribution in [0.2, 0.25) is 0 Å². The Hall–Kier alpha value is -1.79. The molecule has 0 radical (unpaired) electrons. The van der Waals surface area contributed by atoms with Crippen molar-refractivity contribution >= 4 is 17.9 Å². The molecule has 0 aromatic heterocycles. The highest BCUT2D eigenvalue weighted by Crippen LogP contribution is 2.84. The van der Waals surface area contributed by atoms with Gasteiger partial charge < -0.3 is 39.4 Å². The largest absolute Gasteiger partial charge is 0.456 e. The minimum Gasteiger partial charge on any atom is -0.456 e. The first-order chi connectivity index (χ1) is 14.3. The van der Waals surface area contributed by atoms with Crippen LogP contribution in [0.3, 0.4) is 0 Å². The Bertz CT molecular complexity index is 957. The van der Waals surface area contributed by atoms with Gasteiger partial charge >= 0.3 is 17.9 Å². The van der Waals surface area contributed by atoms with Crippen molar-refractivity contribution < 1.29 is 53.8 Å². The van der Waals surface area contributed by atoms with E-state index in [2.05, 4.69) is 0 Å². The van der Waals surface area contributed by atoms with Crippen molar-refractivity contribution in [3.63, 3.8) is 0 Å². The standard InChI is InChI=1S/C20H24O11/c1-5-12(24)28-11-8(22)18-10-6(21)7(16(2,3)4)17(18)9(23)13(25)30-15(17)31-20(18,14(26)29-10)19(5,11)27/h5-11,15,21-23,27H,1-4H3/t5-,6-,7?,8-,9+,10+,11+,15+,17?,18?,19-,20+/m1/s1. The van der Waals surface area contributed by atoms with Crippen LogP contribution in [0.5, 0.6) is 0 Å². The SMILES string of the molecule is C[C@@H]1C(=O)O[C@H]2[C@@H](O)C34[C@H]5OC(=O)[C@@]3(O[C@@H]3OC(=O)[C@H](O)C34C(C(C)(C)C)[C@H]5O)[C@@]12O. The summed E-state index contributed by atoms with van der Waals surface area (Å²) in [7, 11) is 0. The summed E-state index contributed by atoms with van der Waals surface area (Å²) in [6.45, 7) is 6.63. The molecule has 2 aliphatic carbocycles. The molecule has 2 saturated carbocycles. The van der Waals surface area contributed by atoms with Crippen LogP contribution in [0.15, 0.2) is 0 Å². The third-order valence-corrected chi connectivity index (χ3v) is 8.95. The zero-order valence-corrected chi connectivity index (χ0v) is 17.3. The Kier molecular flexibility index (Phi) is 3.15. The number of ether oxygens (including phenoxy) is 4. The number of hydrogen-bond donors (Lipinski definition) is 4. The second-order valence-corrected chi connectivity index (χ2v) is 10.8. The number of carbonyl (C=O) groups is 3. The zero-order valence-electron chi connectivity index (χ0n) is 17.3. The molecule has 0 bridgehead atoms. The van der Waals surface area contributed by atoms with E-state index in [1.165, 1.54) is 6.92 Å². The molecule has 4 heterocycles. The predicted octanol–water partition coefficient (Wildman–Crippen LogP) is -2.40. The van der Waals surface area contributed by atoms with E-state index in [0.29, 0.717) is 0 Å². The lowest BCUT2D eigenvalue weighted by Crippen LogP contribution is -2.67. The van der Waals surface area contributed by atoms with Crippen molar-refractivity contribution in [3.8, 4) is 0 Å². The van der Waals surface area contributed by atoms with E-state index in [9.17, 15) is 34.8 Å². The fourth-order valence-corrected chi connectivity index (χ4v) is 8.27. The summed E-state index contributed by atoms with van der Waals surface area (Å²) < 4.78 is 22.2. The number of aliphatic hydroxyl groups excluding tert-OH is 3. The summed E-state index contributed by atoms with van der Waals surface area (Å²) >= 11 is 0. The molecular weight excluding hydrogens is 416 g/mol. The summed E-state index contributed by atoms with van der Waals surface area (Å²) in [6.07, 6.45) is -9.69. The number of fused-ring (bicyclic) bond motifs is 1. The molecular formula is C20H24O11. The molecule has 11 nitrogen and oxygen atoms in total. The van der Waals surface area contributed by atoms with Crippen LogP contribution < -0.4 is 0 Å². The van der Waals surface area contributed by atoms with E-state index >= 15 is 0 Å². The van der Waals surface area contributed by atoms with Crippen LogP contribution in [-0.2, 0) is 33.3 Å². The van der Waals surface area contributed by atoms with Crippen LogP contribution in [0, 0.1) is 28.1 Å². The maximum Gasteiger partial charge on any atom is 0.343 e. The van der Waals surface area contributed by atoms with Crippen molar-refractivity contribution in [1.29, 1.82) is 0 Å². The molecule has 6 fully saturated rings. The number of esters is 3. The molecule has 0 aromatic carbocycles. The topological polar surface area (TPSA) is 169 Å². The van der Waals surface area contributed by atoms with Crippen molar-refractivity contribution in [3.05, 3.63) is 0 Å². The van der Waals surface area contributed by atoms with Gasteiger partial charge in [0.05, 0.1) is 22.9 Å². The van der Waals surface area contributed by atoms with Gasteiger partial charge in [0.2, 0.25) is 11.9 Å². The van der Waals surface area contributed by atoms with Crippen molar-refractivity contribution in [1.82, 2.24) is 0 Å². The first-order valence-electron chi connectivity index (χ1n) is 10.3. The highest BCUT2D eigenvalue weighted by atomic mass is 16.8. The maximum absolute atomic E-state index is 13.4. The minimum atomic E-state index is -2.40. The quantitative estimate of drug-likeness (QED) is 0.234. The summed E-state index contributed by atoms with van der Waals surface area (Å²) in [6, 6.07) is 0. The Morgan fingerprint density at radius 3 is 2.19 bits per heavy atom. The smallest absolute Gasteiger partial charge is 0.343 e. The Morgan fingerprint density at radius 2 is 1.58 bits per heavy atom. The van der Waals surface area contributed by atoms with Gasteiger partial charge in [-0.1, -0.05) is 20.8 Å². The highest BCUT2D eigenvalue weighted by molar-refractivity contribution is 5.94. The highest BCUT2D eigenvalue weighted by Gasteiger charge is 3.05. The molecule has 12 atom stereocenters. The summed E-state index contributed by atoms with van der Waals surface area (Å²) in [5.41, 5.74) is -9.40. The van der Waals surface area contributed by atoms with Crippen molar-refractivity contribution in [2.75, 3.05) is 0 Å². The predicted molar refractivity (Wildman–Crippen MR) is 93.4 cm³/mol. The molecule has 2 spiro atoms. The van der Waals surface area contributed by atoms with Gasteiger partial charge in [0.1, 0.15) is 12.2 Å². The summed E-state index contributed by atoms with van der Waals surface area (Å²) in [4.78, 5) is 38.3. The summed E-state index contributed by atoms with van der Waals surface area (Å²) in [5.74, 6) is -5.22. The maximum atomic E-state index is 13.4. The second-order valence-electron chi connectivity index (χ2n) is 10.8. The zero-order chi connectivity index (χ0) is 22.7. The lowest BCUT2D eigenvalue weighted by atomic mass is 9.51. The van der Waals surface area contributed by atoms with Crippen LogP contribution >= 0.6 is 0 Å². The van der Waals surface area contributed by atoms with Gasteiger partial charge in [0, 0.05) is 5.92 Å². The van der Waals surface area contributed by atoms with Crippen LogP contribution in [0.25, 0.3) is 0 Å². The fraction of sp³-hybridized carbons (Fsp3) is 0.850. The Balaban J connectivity index is 1.75. The molecule has 170 valence electrons. The average Bonchev–Trinajstić information content (AvgIpc) is 3.35. The van der Waals surface area contributed by atoms with E-state index in [1.807, 2.05) is 0 Å². The van der Waals surface area contributed by atoms with Gasteiger partial charge in [0.25, 0.3) is 0 Å². The van der Waals surface area contributed by atoms with E-state index in [0.717, 1.165) is 0 Å². The van der Waals surface area contributed by atoms with Crippen LogP contribution in [0.4, 0.5) is 0 Å². The molecule has 3 unspecified atom stereocenters. The van der Waals surface area contributed by atoms with E-state index in [4.69, 9.17) is 18.9 Å². The van der Waals surface area contributed by atoms with Gasteiger partial charge in [-0.3, -0.25) is 4.79 Å². The van der Waals surface area contributed by atoms with E-state index in [1.54, 1.807) is 20.8 Å². The first-order valence-corrected chi connectivity index (χ1v) is 10.3. The lowest BCUT2D eigenvalue weighted by Gasteiger charge is -2.47. The molecule has 0 aromatic rings. The van der Waals surface area contributed by atoms with Crippen LogP contribution in [0.1, 0.15) is 27.7 Å². The monoisotopic (exact) mass is 440 g/mol. The third kappa shape index (κ3) is 1.43. The molecule has 4 N–H and O–H groups in total. The second kappa shape index (κ2) is 4.91. The molecule has 4 aliphatic heterocycles. The Labute approximate surface area is 176 Å². The van der Waals surface area contributed by atoms with E-state index in [-0.39, 0.29) is 0 Å². The number of rotatable bonds is 0. The summed E-state index contributed by atoms with van der Waals surface area (Å²) in [5, 5.41) is 46.1. The molecule has 31 heavy (non-hydrogen) atoms. The number of aliphatic hydroxyl groups is 4. The van der Waals surface area contributed by atoms with Crippen LogP contribution in [-0.4, -0.2) is 86.3 Å². The van der Waals surface area contributed by atoms with Gasteiger partial charge in [-0.25, -0.2) is 9.59 Å². The molecule has 4 saturated heterocycles. The molecule has 11 heteroatoms. The fourth-order valence-electron chi connectivity index (χ4n) is 8.27.